The molecule has 0 atom stereocenters. The van der Waals surface area contributed by atoms with E-state index in [2.05, 4.69) is 28.6 Å². The SMILES string of the molecule is C(=NCc1ccc[cH-]1)c1cccs1. The lowest BCUT2D eigenvalue weighted by atomic mass is 10.3. The average molecular weight is 188 g/mol. The van der Waals surface area contributed by atoms with Gasteiger partial charge in [0, 0.05) is 17.6 Å². The number of hydrogen-bond acceptors (Lipinski definition) is 2. The molecule has 0 aliphatic heterocycles. The Kier molecular flexibility index (Phi) is 2.62. The van der Waals surface area contributed by atoms with E-state index in [-0.39, 0.29) is 0 Å². The fourth-order valence-electron chi connectivity index (χ4n) is 1.13. The average Bonchev–Trinajstić information content (AvgIpc) is 2.75. The van der Waals surface area contributed by atoms with Crippen LogP contribution in [-0.4, -0.2) is 6.21 Å². The molecule has 0 radical (unpaired) electrons. The summed E-state index contributed by atoms with van der Waals surface area (Å²) in [5, 5.41) is 2.06. The Bertz CT molecular complexity index is 357. The van der Waals surface area contributed by atoms with Crippen molar-refractivity contribution in [1.29, 1.82) is 0 Å². The molecule has 0 unspecified atom stereocenters. The highest BCUT2D eigenvalue weighted by Gasteiger charge is 1.85. The number of hydrogen-bond donors (Lipinski definition) is 0. The maximum atomic E-state index is 4.34. The summed E-state index contributed by atoms with van der Waals surface area (Å²) < 4.78 is 0. The molecule has 2 rings (SSSR count). The van der Waals surface area contributed by atoms with Crippen molar-refractivity contribution in [3.63, 3.8) is 0 Å². The first-order valence-electron chi connectivity index (χ1n) is 4.19. The molecule has 0 aliphatic rings. The number of rotatable bonds is 3. The van der Waals surface area contributed by atoms with Crippen molar-refractivity contribution in [3.05, 3.63) is 52.2 Å². The van der Waals surface area contributed by atoms with Gasteiger partial charge in [-0.3, -0.25) is 4.99 Å². The highest BCUT2D eigenvalue weighted by atomic mass is 32.1. The molecule has 0 spiro atoms. The zero-order chi connectivity index (χ0) is 8.93. The van der Waals surface area contributed by atoms with Crippen LogP contribution in [0.1, 0.15) is 10.4 Å². The fraction of sp³-hybridized carbons (Fsp3) is 0.0909. The topological polar surface area (TPSA) is 12.4 Å². The second-order valence-electron chi connectivity index (χ2n) is 2.78. The van der Waals surface area contributed by atoms with Gasteiger partial charge in [0.1, 0.15) is 0 Å². The van der Waals surface area contributed by atoms with Crippen LogP contribution < -0.4 is 0 Å². The molecule has 0 N–H and O–H groups in total. The maximum absolute atomic E-state index is 4.34. The van der Waals surface area contributed by atoms with Gasteiger partial charge in [0.05, 0.1) is 0 Å². The van der Waals surface area contributed by atoms with Gasteiger partial charge in [-0.15, -0.1) is 16.9 Å². The normalized spacial score (nSPS) is 11.1. The smallest absolute Gasteiger partial charge is 0.0448 e. The molecule has 0 fully saturated rings. The van der Waals surface area contributed by atoms with Crippen LogP contribution in [0, 0.1) is 0 Å². The maximum Gasteiger partial charge on any atom is 0.0448 e. The number of thiophene rings is 1. The monoisotopic (exact) mass is 188 g/mol. The van der Waals surface area contributed by atoms with Gasteiger partial charge >= 0.3 is 0 Å². The minimum absolute atomic E-state index is 0.783. The van der Waals surface area contributed by atoms with E-state index < -0.39 is 0 Å². The molecular weight excluding hydrogens is 178 g/mol. The third-order valence-electron chi connectivity index (χ3n) is 1.77. The Morgan fingerprint density at radius 2 is 2.38 bits per heavy atom. The first-order chi connectivity index (χ1) is 6.45. The molecule has 1 aromatic carbocycles. The molecule has 13 heavy (non-hydrogen) atoms. The van der Waals surface area contributed by atoms with E-state index >= 15 is 0 Å². The molecule has 0 bridgehead atoms. The predicted molar refractivity (Wildman–Crippen MR) is 57.7 cm³/mol. The van der Waals surface area contributed by atoms with Crippen molar-refractivity contribution in [3.8, 4) is 0 Å². The van der Waals surface area contributed by atoms with E-state index in [4.69, 9.17) is 0 Å². The Morgan fingerprint density at radius 3 is 3.08 bits per heavy atom. The van der Waals surface area contributed by atoms with E-state index in [1.807, 2.05) is 24.4 Å². The molecule has 1 nitrogen and oxygen atoms in total. The van der Waals surface area contributed by atoms with Crippen LogP contribution in [0.5, 0.6) is 0 Å². The molecule has 2 aromatic rings. The molecule has 66 valence electrons. The molecule has 0 aliphatic carbocycles. The predicted octanol–water partition coefficient (Wildman–Crippen LogP) is 3.09. The lowest BCUT2D eigenvalue weighted by Gasteiger charge is -1.93. The molecule has 0 saturated carbocycles. The fourth-order valence-corrected chi connectivity index (χ4v) is 1.73. The number of aliphatic imine (C=N–C) groups is 1. The summed E-state index contributed by atoms with van der Waals surface area (Å²) in [7, 11) is 0. The van der Waals surface area contributed by atoms with Crippen LogP contribution in [-0.2, 0) is 6.54 Å². The molecule has 2 heteroatoms. The zero-order valence-corrected chi connectivity index (χ0v) is 8.00. The Morgan fingerprint density at radius 1 is 1.38 bits per heavy atom. The van der Waals surface area contributed by atoms with Gasteiger partial charge in [-0.1, -0.05) is 6.07 Å². The Balaban J connectivity index is 1.93. The zero-order valence-electron chi connectivity index (χ0n) is 7.18. The van der Waals surface area contributed by atoms with Crippen molar-refractivity contribution in [2.24, 2.45) is 4.99 Å². The van der Waals surface area contributed by atoms with Crippen molar-refractivity contribution >= 4 is 17.6 Å². The number of nitrogens with zero attached hydrogens (tertiary/aromatic N) is 1. The van der Waals surface area contributed by atoms with Crippen molar-refractivity contribution < 1.29 is 0 Å². The summed E-state index contributed by atoms with van der Waals surface area (Å²) >= 11 is 1.71. The van der Waals surface area contributed by atoms with Gasteiger partial charge in [0.25, 0.3) is 0 Å². The summed E-state index contributed by atoms with van der Waals surface area (Å²) in [6, 6.07) is 12.4. The summed E-state index contributed by atoms with van der Waals surface area (Å²) in [5.41, 5.74) is 1.27. The summed E-state index contributed by atoms with van der Waals surface area (Å²) in [4.78, 5) is 5.56. The molecule has 0 amide bonds. The second-order valence-corrected chi connectivity index (χ2v) is 3.76. The standard InChI is InChI=1S/C11H10NS/c1-2-5-10(4-1)8-12-9-11-6-3-7-13-11/h1-7,9H,8H2/q-1. The minimum Gasteiger partial charge on any atom is -0.289 e. The lowest BCUT2D eigenvalue weighted by Crippen LogP contribution is -1.77. The van der Waals surface area contributed by atoms with Gasteiger partial charge in [-0.05, 0) is 11.4 Å². The first-order valence-corrected chi connectivity index (χ1v) is 5.07. The quantitative estimate of drug-likeness (QED) is 0.518. The van der Waals surface area contributed by atoms with E-state index in [1.54, 1.807) is 11.3 Å². The van der Waals surface area contributed by atoms with Crippen LogP contribution >= 0.6 is 11.3 Å². The summed E-state index contributed by atoms with van der Waals surface area (Å²) in [5.74, 6) is 0. The van der Waals surface area contributed by atoms with Crippen molar-refractivity contribution in [1.82, 2.24) is 0 Å². The molecule has 0 saturated heterocycles. The largest absolute Gasteiger partial charge is 0.289 e. The van der Waals surface area contributed by atoms with E-state index in [9.17, 15) is 0 Å². The summed E-state index contributed by atoms with van der Waals surface area (Å²) in [6.45, 7) is 0.783. The highest BCUT2D eigenvalue weighted by molar-refractivity contribution is 7.11. The Labute approximate surface area is 81.7 Å². The van der Waals surface area contributed by atoms with Gasteiger partial charge in [0.2, 0.25) is 0 Å². The van der Waals surface area contributed by atoms with Crippen LogP contribution in [0.3, 0.4) is 0 Å². The third kappa shape index (κ3) is 2.33. The van der Waals surface area contributed by atoms with Gasteiger partial charge in [-0.2, -0.15) is 12.1 Å². The third-order valence-corrected chi connectivity index (χ3v) is 2.57. The van der Waals surface area contributed by atoms with Crippen molar-refractivity contribution in [2.45, 2.75) is 6.54 Å². The lowest BCUT2D eigenvalue weighted by molar-refractivity contribution is 1.09. The highest BCUT2D eigenvalue weighted by Crippen LogP contribution is 2.06. The summed E-state index contributed by atoms with van der Waals surface area (Å²) in [6.07, 6.45) is 1.93. The van der Waals surface area contributed by atoms with Crippen LogP contribution in [0.25, 0.3) is 0 Å². The van der Waals surface area contributed by atoms with Crippen LogP contribution in [0.2, 0.25) is 0 Å². The van der Waals surface area contributed by atoms with Gasteiger partial charge in [0.15, 0.2) is 0 Å². The van der Waals surface area contributed by atoms with Crippen molar-refractivity contribution in [2.75, 3.05) is 0 Å². The molecule has 1 heterocycles. The van der Waals surface area contributed by atoms with Gasteiger partial charge in [-0.25, -0.2) is 12.1 Å². The van der Waals surface area contributed by atoms with Crippen LogP contribution in [0.15, 0.2) is 46.8 Å². The Hall–Kier alpha value is -1.28. The van der Waals surface area contributed by atoms with E-state index in [1.165, 1.54) is 10.4 Å². The van der Waals surface area contributed by atoms with E-state index in [0.717, 1.165) is 6.54 Å². The second kappa shape index (κ2) is 4.10. The van der Waals surface area contributed by atoms with E-state index in [0.29, 0.717) is 0 Å². The first kappa shape index (κ1) is 8.32. The molecular formula is C11H10NS-. The molecule has 1 aromatic heterocycles. The minimum atomic E-state index is 0.783. The van der Waals surface area contributed by atoms with Crippen LogP contribution in [0.4, 0.5) is 0 Å². The van der Waals surface area contributed by atoms with Gasteiger partial charge < -0.3 is 0 Å².